The Balaban J connectivity index is 1.90. The van der Waals surface area contributed by atoms with Crippen LogP contribution in [-0.2, 0) is 13.1 Å². The number of hydrogen-bond acceptors (Lipinski definition) is 5. The maximum Gasteiger partial charge on any atom is 0.186 e. The number of anilines is 1. The van der Waals surface area contributed by atoms with E-state index in [1.165, 1.54) is 10.4 Å². The van der Waals surface area contributed by atoms with E-state index >= 15 is 0 Å². The third-order valence-electron chi connectivity index (χ3n) is 3.67. The van der Waals surface area contributed by atoms with Gasteiger partial charge < -0.3 is 15.4 Å². The van der Waals surface area contributed by atoms with Gasteiger partial charge in [0.2, 0.25) is 0 Å². The van der Waals surface area contributed by atoms with Crippen molar-refractivity contribution in [2.24, 2.45) is 5.73 Å². The van der Waals surface area contributed by atoms with Gasteiger partial charge in [0.1, 0.15) is 12.4 Å². The molecule has 0 fully saturated rings. The summed E-state index contributed by atoms with van der Waals surface area (Å²) >= 11 is 1.71. The van der Waals surface area contributed by atoms with E-state index in [9.17, 15) is 0 Å². The number of hydrogen-bond donors (Lipinski definition) is 1. The van der Waals surface area contributed by atoms with Crippen LogP contribution >= 0.6 is 11.3 Å². The minimum Gasteiger partial charge on any atom is -0.491 e. The van der Waals surface area contributed by atoms with E-state index in [2.05, 4.69) is 30.9 Å². The van der Waals surface area contributed by atoms with Crippen LogP contribution in [0.25, 0.3) is 0 Å². The van der Waals surface area contributed by atoms with E-state index < -0.39 is 0 Å². The molecule has 0 amide bonds. The molecule has 1 aromatic heterocycles. The second-order valence-electron chi connectivity index (χ2n) is 5.54. The second-order valence-corrected chi connectivity index (χ2v) is 6.60. The first-order chi connectivity index (χ1) is 10.2. The summed E-state index contributed by atoms with van der Waals surface area (Å²) in [5.41, 5.74) is 8.21. The van der Waals surface area contributed by atoms with Gasteiger partial charge in [0, 0.05) is 23.5 Å². The highest BCUT2D eigenvalue weighted by Crippen LogP contribution is 2.33. The van der Waals surface area contributed by atoms with Gasteiger partial charge in [-0.15, -0.1) is 11.3 Å². The second kappa shape index (κ2) is 6.03. The number of nitrogens with zero attached hydrogens (tertiary/aromatic N) is 2. The van der Waals surface area contributed by atoms with Crippen LogP contribution in [0.15, 0.2) is 24.3 Å². The van der Waals surface area contributed by atoms with E-state index in [-0.39, 0.29) is 0 Å². The number of ether oxygens (including phenoxy) is 1. The van der Waals surface area contributed by atoms with Gasteiger partial charge >= 0.3 is 0 Å². The number of fused-ring (bicyclic) bond motifs is 1. The summed E-state index contributed by atoms with van der Waals surface area (Å²) in [6, 6.07) is 8.22. The quantitative estimate of drug-likeness (QED) is 0.946. The van der Waals surface area contributed by atoms with Gasteiger partial charge in [0.15, 0.2) is 5.13 Å². The van der Waals surface area contributed by atoms with Gasteiger partial charge in [0.05, 0.1) is 12.2 Å². The maximum absolute atomic E-state index is 5.87. The Kier molecular flexibility index (Phi) is 4.12. The van der Waals surface area contributed by atoms with Crippen molar-refractivity contribution in [1.29, 1.82) is 0 Å². The third kappa shape index (κ3) is 2.89. The molecule has 5 heteroatoms. The Hall–Kier alpha value is -1.59. The number of aromatic nitrogens is 1. The lowest BCUT2D eigenvalue weighted by Gasteiger charge is -2.18. The molecule has 1 aliphatic heterocycles. The van der Waals surface area contributed by atoms with Crippen LogP contribution in [0, 0.1) is 0 Å². The maximum atomic E-state index is 5.87. The van der Waals surface area contributed by atoms with Crippen LogP contribution in [0.1, 0.15) is 35.9 Å². The lowest BCUT2D eigenvalue weighted by molar-refractivity contribution is 0.331. The molecule has 0 aliphatic carbocycles. The zero-order chi connectivity index (χ0) is 14.8. The SMILES string of the molecule is CC(C)c1nc(N2CCOc3ccccc3C2)sc1CN. The van der Waals surface area contributed by atoms with Crippen LogP contribution in [0.5, 0.6) is 5.75 Å². The first-order valence-corrected chi connectivity index (χ1v) is 8.16. The number of rotatable bonds is 3. The highest BCUT2D eigenvalue weighted by Gasteiger charge is 2.20. The van der Waals surface area contributed by atoms with Gasteiger partial charge in [-0.1, -0.05) is 32.0 Å². The summed E-state index contributed by atoms with van der Waals surface area (Å²) < 4.78 is 5.82. The van der Waals surface area contributed by atoms with Crippen LogP contribution < -0.4 is 15.4 Å². The summed E-state index contributed by atoms with van der Waals surface area (Å²) in [4.78, 5) is 8.31. The normalized spacial score (nSPS) is 14.8. The fraction of sp³-hybridized carbons (Fsp3) is 0.438. The van der Waals surface area contributed by atoms with Crippen molar-refractivity contribution in [1.82, 2.24) is 4.98 Å². The van der Waals surface area contributed by atoms with Gasteiger partial charge in [0.25, 0.3) is 0 Å². The Morgan fingerprint density at radius 3 is 2.90 bits per heavy atom. The lowest BCUT2D eigenvalue weighted by Crippen LogP contribution is -2.25. The smallest absolute Gasteiger partial charge is 0.186 e. The Labute approximate surface area is 129 Å². The van der Waals surface area contributed by atoms with Crippen LogP contribution in [0.2, 0.25) is 0 Å². The number of nitrogens with two attached hydrogens (primary N) is 1. The standard InChI is InChI=1S/C16H21N3OS/c1-11(2)15-14(9-17)21-16(18-15)19-7-8-20-13-6-4-3-5-12(13)10-19/h3-6,11H,7-10,17H2,1-2H3. The van der Waals surface area contributed by atoms with E-state index in [0.29, 0.717) is 19.1 Å². The molecular weight excluding hydrogens is 282 g/mol. The Morgan fingerprint density at radius 1 is 1.38 bits per heavy atom. The highest BCUT2D eigenvalue weighted by atomic mass is 32.1. The number of para-hydroxylation sites is 1. The lowest BCUT2D eigenvalue weighted by atomic mass is 10.1. The molecule has 0 spiro atoms. The van der Waals surface area contributed by atoms with Crippen molar-refractivity contribution in [3.05, 3.63) is 40.4 Å². The molecule has 0 bridgehead atoms. The van der Waals surface area contributed by atoms with Crippen molar-refractivity contribution in [3.8, 4) is 5.75 Å². The summed E-state index contributed by atoms with van der Waals surface area (Å²) in [5, 5.41) is 1.06. The van der Waals surface area contributed by atoms with Crippen LogP contribution in [0.3, 0.4) is 0 Å². The molecule has 2 heterocycles. The fourth-order valence-electron chi connectivity index (χ4n) is 2.57. The van der Waals surface area contributed by atoms with Crippen molar-refractivity contribution < 1.29 is 4.74 Å². The molecule has 2 aromatic rings. The summed E-state index contributed by atoms with van der Waals surface area (Å²) in [6.07, 6.45) is 0. The first-order valence-electron chi connectivity index (χ1n) is 7.34. The zero-order valence-electron chi connectivity index (χ0n) is 12.5. The molecule has 0 saturated heterocycles. The predicted octanol–water partition coefficient (Wildman–Crippen LogP) is 3.12. The van der Waals surface area contributed by atoms with E-state index in [0.717, 1.165) is 29.7 Å². The monoisotopic (exact) mass is 303 g/mol. The molecule has 112 valence electrons. The Bertz CT molecular complexity index is 624. The minimum absolute atomic E-state index is 0.407. The summed E-state index contributed by atoms with van der Waals surface area (Å²) in [7, 11) is 0. The van der Waals surface area contributed by atoms with Crippen molar-refractivity contribution in [2.45, 2.75) is 32.9 Å². The average Bonchev–Trinajstić information content (AvgIpc) is 2.81. The molecule has 1 aliphatic rings. The molecule has 3 rings (SSSR count). The molecule has 0 unspecified atom stereocenters. The molecule has 0 saturated carbocycles. The van der Waals surface area contributed by atoms with E-state index in [4.69, 9.17) is 15.5 Å². The first kappa shape index (κ1) is 14.4. The molecule has 0 radical (unpaired) electrons. The largest absolute Gasteiger partial charge is 0.491 e. The summed E-state index contributed by atoms with van der Waals surface area (Å²) in [6.45, 7) is 7.27. The van der Waals surface area contributed by atoms with Gasteiger partial charge in [-0.3, -0.25) is 0 Å². The Morgan fingerprint density at radius 2 is 2.19 bits per heavy atom. The van der Waals surface area contributed by atoms with Crippen LogP contribution in [0.4, 0.5) is 5.13 Å². The predicted molar refractivity (Wildman–Crippen MR) is 87.1 cm³/mol. The topological polar surface area (TPSA) is 51.4 Å². The third-order valence-corrected chi connectivity index (χ3v) is 4.83. The molecule has 4 nitrogen and oxygen atoms in total. The van der Waals surface area contributed by atoms with E-state index in [1.54, 1.807) is 11.3 Å². The zero-order valence-corrected chi connectivity index (χ0v) is 13.3. The number of benzene rings is 1. The summed E-state index contributed by atoms with van der Waals surface area (Å²) in [5.74, 6) is 1.39. The van der Waals surface area contributed by atoms with Gasteiger partial charge in [-0.05, 0) is 12.0 Å². The van der Waals surface area contributed by atoms with Crippen molar-refractivity contribution in [2.75, 3.05) is 18.1 Å². The number of thiazole rings is 1. The van der Waals surface area contributed by atoms with Gasteiger partial charge in [-0.25, -0.2) is 4.98 Å². The molecular formula is C16H21N3OS. The van der Waals surface area contributed by atoms with Crippen molar-refractivity contribution in [3.63, 3.8) is 0 Å². The molecule has 0 atom stereocenters. The molecule has 21 heavy (non-hydrogen) atoms. The molecule has 2 N–H and O–H groups in total. The minimum atomic E-state index is 0.407. The fourth-order valence-corrected chi connectivity index (χ4v) is 3.69. The van der Waals surface area contributed by atoms with Gasteiger partial charge in [-0.2, -0.15) is 0 Å². The average molecular weight is 303 g/mol. The van der Waals surface area contributed by atoms with Crippen LogP contribution in [-0.4, -0.2) is 18.1 Å². The highest BCUT2D eigenvalue weighted by molar-refractivity contribution is 7.15. The van der Waals surface area contributed by atoms with E-state index in [1.807, 2.05) is 12.1 Å². The molecule has 1 aromatic carbocycles. The van der Waals surface area contributed by atoms with Crippen molar-refractivity contribution >= 4 is 16.5 Å².